The summed E-state index contributed by atoms with van der Waals surface area (Å²) in [5.74, 6) is 1.86. The Hall–Kier alpha value is -1.03. The number of nitrogens with one attached hydrogen (secondary N) is 1. The maximum absolute atomic E-state index is 5.21. The third kappa shape index (κ3) is 2.37. The van der Waals surface area contributed by atoms with Crippen LogP contribution in [0.2, 0.25) is 0 Å². The van der Waals surface area contributed by atoms with E-state index in [1.165, 1.54) is 19.3 Å². The zero-order valence-electron chi connectivity index (χ0n) is 14.1. The molecule has 0 aromatic carbocycles. The maximum Gasteiger partial charge on any atom is 0.203 e. The van der Waals surface area contributed by atoms with Gasteiger partial charge in [-0.2, -0.15) is 0 Å². The highest BCUT2D eigenvalue weighted by molar-refractivity contribution is 5.34. The molecule has 1 N–H and O–H groups in total. The van der Waals surface area contributed by atoms with E-state index in [1.54, 1.807) is 7.11 Å². The Balaban J connectivity index is 1.83. The van der Waals surface area contributed by atoms with Crippen molar-refractivity contribution in [3.8, 4) is 0 Å². The lowest BCUT2D eigenvalue weighted by Crippen LogP contribution is -2.46. The van der Waals surface area contributed by atoms with Crippen molar-refractivity contribution in [3.05, 3.63) is 11.9 Å². The third-order valence-electron chi connectivity index (χ3n) is 5.98. The summed E-state index contributed by atoms with van der Waals surface area (Å²) in [6.45, 7) is 10.9. The molecule has 1 aromatic heterocycles. The van der Waals surface area contributed by atoms with E-state index in [2.05, 4.69) is 43.8 Å². The molecule has 4 heteroatoms. The Labute approximate surface area is 128 Å². The van der Waals surface area contributed by atoms with Gasteiger partial charge in [0.1, 0.15) is 0 Å². The summed E-state index contributed by atoms with van der Waals surface area (Å²) in [7, 11) is 1.75. The Morgan fingerprint density at radius 1 is 1.43 bits per heavy atom. The van der Waals surface area contributed by atoms with E-state index in [0.29, 0.717) is 16.9 Å². The molecule has 3 rings (SSSR count). The number of anilines is 1. The summed E-state index contributed by atoms with van der Waals surface area (Å²) in [6, 6.07) is 0.506. The highest BCUT2D eigenvalue weighted by atomic mass is 16.5. The summed E-state index contributed by atoms with van der Waals surface area (Å²) >= 11 is 0. The van der Waals surface area contributed by atoms with Gasteiger partial charge in [0.05, 0.1) is 12.3 Å². The van der Waals surface area contributed by atoms with Gasteiger partial charge in [0.2, 0.25) is 5.95 Å². The van der Waals surface area contributed by atoms with Gasteiger partial charge in [0, 0.05) is 25.9 Å². The topological polar surface area (TPSA) is 39.1 Å². The molecule has 3 atom stereocenters. The molecule has 0 saturated heterocycles. The molecule has 2 fully saturated rings. The second-order valence-electron chi connectivity index (χ2n) is 7.88. The highest BCUT2D eigenvalue weighted by Crippen LogP contribution is 2.63. The van der Waals surface area contributed by atoms with Gasteiger partial charge in [-0.25, -0.2) is 4.98 Å². The molecule has 0 spiro atoms. The molecule has 0 aliphatic heterocycles. The molecule has 1 heterocycles. The normalized spacial score (nSPS) is 33.6. The number of fused-ring (bicyclic) bond motifs is 2. The minimum absolute atomic E-state index is 0.346. The molecule has 0 amide bonds. The first-order valence-electron chi connectivity index (χ1n) is 8.16. The van der Waals surface area contributed by atoms with Gasteiger partial charge in [-0.15, -0.1) is 0 Å². The monoisotopic (exact) mass is 291 g/mol. The summed E-state index contributed by atoms with van der Waals surface area (Å²) in [4.78, 5) is 4.70. The number of imidazole rings is 1. The van der Waals surface area contributed by atoms with Crippen molar-refractivity contribution in [2.75, 3.05) is 19.0 Å². The van der Waals surface area contributed by atoms with Gasteiger partial charge in [0.15, 0.2) is 0 Å². The van der Waals surface area contributed by atoms with Crippen LogP contribution < -0.4 is 5.32 Å². The van der Waals surface area contributed by atoms with Crippen LogP contribution in [-0.2, 0) is 11.3 Å². The van der Waals surface area contributed by atoms with E-state index in [1.807, 2.05) is 0 Å². The fourth-order valence-corrected chi connectivity index (χ4v) is 4.81. The first-order valence-corrected chi connectivity index (χ1v) is 8.16. The lowest BCUT2D eigenvalue weighted by molar-refractivity contribution is 0.154. The molecule has 1 aromatic rings. The predicted molar refractivity (Wildman–Crippen MR) is 85.5 cm³/mol. The number of aryl methyl sites for hydroxylation is 1. The van der Waals surface area contributed by atoms with E-state index in [-0.39, 0.29) is 0 Å². The van der Waals surface area contributed by atoms with Crippen LogP contribution in [0.25, 0.3) is 0 Å². The van der Waals surface area contributed by atoms with Crippen LogP contribution in [0.15, 0.2) is 6.20 Å². The van der Waals surface area contributed by atoms with Crippen molar-refractivity contribution >= 4 is 5.95 Å². The largest absolute Gasteiger partial charge is 0.383 e. The molecule has 3 unspecified atom stereocenters. The number of hydrogen-bond acceptors (Lipinski definition) is 3. The first-order chi connectivity index (χ1) is 9.87. The van der Waals surface area contributed by atoms with Crippen molar-refractivity contribution in [1.82, 2.24) is 9.55 Å². The second kappa shape index (κ2) is 5.01. The molecule has 2 bridgehead atoms. The Morgan fingerprint density at radius 3 is 2.81 bits per heavy atom. The van der Waals surface area contributed by atoms with Gasteiger partial charge >= 0.3 is 0 Å². The first kappa shape index (κ1) is 14.9. The lowest BCUT2D eigenvalue weighted by Gasteiger charge is -2.43. The van der Waals surface area contributed by atoms with Crippen LogP contribution in [0.3, 0.4) is 0 Å². The molecule has 2 saturated carbocycles. The van der Waals surface area contributed by atoms with Crippen molar-refractivity contribution in [2.24, 2.45) is 16.7 Å². The van der Waals surface area contributed by atoms with Gasteiger partial charge in [-0.1, -0.05) is 20.8 Å². The van der Waals surface area contributed by atoms with Gasteiger partial charge < -0.3 is 14.6 Å². The molecule has 4 nitrogen and oxygen atoms in total. The summed E-state index contributed by atoms with van der Waals surface area (Å²) in [5.41, 5.74) is 1.83. The average molecular weight is 291 g/mol. The van der Waals surface area contributed by atoms with Gasteiger partial charge in [-0.05, 0) is 42.9 Å². The Morgan fingerprint density at radius 2 is 2.19 bits per heavy atom. The number of nitrogens with zero attached hydrogens (tertiary/aromatic N) is 2. The molecule has 2 aliphatic carbocycles. The smallest absolute Gasteiger partial charge is 0.203 e. The van der Waals surface area contributed by atoms with E-state index >= 15 is 0 Å². The van der Waals surface area contributed by atoms with E-state index in [9.17, 15) is 0 Å². The predicted octanol–water partition coefficient (Wildman–Crippen LogP) is 3.46. The highest BCUT2D eigenvalue weighted by Gasteiger charge is 2.59. The van der Waals surface area contributed by atoms with Crippen LogP contribution in [0.4, 0.5) is 5.95 Å². The number of ether oxygens (including phenoxy) is 1. The molecule has 118 valence electrons. The van der Waals surface area contributed by atoms with Crippen molar-refractivity contribution in [1.29, 1.82) is 0 Å². The number of aromatic nitrogens is 2. The van der Waals surface area contributed by atoms with Crippen LogP contribution in [0, 0.1) is 23.7 Å². The van der Waals surface area contributed by atoms with Crippen LogP contribution >= 0.6 is 0 Å². The summed E-state index contributed by atoms with van der Waals surface area (Å²) < 4.78 is 7.41. The minimum Gasteiger partial charge on any atom is -0.383 e. The Kier molecular flexibility index (Phi) is 3.55. The standard InChI is InChI=1S/C17H29N3O/c1-12-11-20(8-9-21-5)15(18-12)19-14-16(2,3)13-6-7-17(14,4)10-13/h11,13-14H,6-10H2,1-5H3,(H,18,19). The quantitative estimate of drug-likeness (QED) is 0.903. The zero-order valence-corrected chi connectivity index (χ0v) is 14.1. The van der Waals surface area contributed by atoms with Crippen LogP contribution in [0.5, 0.6) is 0 Å². The maximum atomic E-state index is 5.21. The molecule has 2 aliphatic rings. The number of rotatable bonds is 5. The molecule has 0 radical (unpaired) electrons. The minimum atomic E-state index is 0.346. The van der Waals surface area contributed by atoms with Gasteiger partial charge in [0.25, 0.3) is 0 Å². The molecular formula is C17H29N3O. The lowest BCUT2D eigenvalue weighted by atomic mass is 9.68. The fourth-order valence-electron chi connectivity index (χ4n) is 4.81. The second-order valence-corrected chi connectivity index (χ2v) is 7.88. The number of hydrogen-bond donors (Lipinski definition) is 1. The van der Waals surface area contributed by atoms with E-state index < -0.39 is 0 Å². The summed E-state index contributed by atoms with van der Waals surface area (Å²) in [6.07, 6.45) is 6.20. The van der Waals surface area contributed by atoms with Crippen molar-refractivity contribution in [3.63, 3.8) is 0 Å². The number of methoxy groups -OCH3 is 1. The Bertz CT molecular complexity index is 517. The zero-order chi connectivity index (χ0) is 15.3. The SMILES string of the molecule is COCCn1cc(C)nc1NC1C2(C)CCC(C2)C1(C)C. The van der Waals surface area contributed by atoms with Crippen LogP contribution in [-0.4, -0.2) is 29.3 Å². The average Bonchev–Trinajstić information content (AvgIpc) is 3.01. The third-order valence-corrected chi connectivity index (χ3v) is 5.98. The van der Waals surface area contributed by atoms with E-state index in [0.717, 1.165) is 30.7 Å². The van der Waals surface area contributed by atoms with Crippen LogP contribution in [0.1, 0.15) is 45.7 Å². The molecule has 21 heavy (non-hydrogen) atoms. The van der Waals surface area contributed by atoms with Crippen molar-refractivity contribution in [2.45, 2.75) is 59.5 Å². The summed E-state index contributed by atoms with van der Waals surface area (Å²) in [5, 5.41) is 3.80. The van der Waals surface area contributed by atoms with Gasteiger partial charge in [-0.3, -0.25) is 0 Å². The van der Waals surface area contributed by atoms with Crippen molar-refractivity contribution < 1.29 is 4.74 Å². The van der Waals surface area contributed by atoms with E-state index in [4.69, 9.17) is 9.72 Å². The fraction of sp³-hybridized carbons (Fsp3) is 0.824. The molecular weight excluding hydrogens is 262 g/mol.